The number of methoxy groups -OCH3 is 1. The summed E-state index contributed by atoms with van der Waals surface area (Å²) in [6.07, 6.45) is 6.69. The second-order valence-electron chi connectivity index (χ2n) is 3.69. The van der Waals surface area contributed by atoms with Crippen LogP contribution in [0, 0.1) is 0 Å². The normalized spacial score (nSPS) is 10.2. The van der Waals surface area contributed by atoms with Crippen molar-refractivity contribution >= 4 is 5.82 Å². The van der Waals surface area contributed by atoms with Crippen molar-refractivity contribution in [2.45, 2.75) is 19.3 Å². The molecule has 0 bridgehead atoms. The molecule has 1 aromatic heterocycles. The van der Waals surface area contributed by atoms with Crippen molar-refractivity contribution in [3.63, 3.8) is 0 Å². The third-order valence-electron chi connectivity index (χ3n) is 2.40. The molecule has 5 heteroatoms. The maximum atomic E-state index is 5.44. The first-order chi connectivity index (χ1) is 7.77. The predicted octanol–water partition coefficient (Wildman–Crippen LogP) is 1.05. The molecule has 0 radical (unpaired) electrons. The average molecular weight is 224 g/mol. The molecular formula is C11H20N4O. The molecule has 0 aliphatic carbocycles. The van der Waals surface area contributed by atoms with Gasteiger partial charge < -0.3 is 15.4 Å². The van der Waals surface area contributed by atoms with E-state index >= 15 is 0 Å². The van der Waals surface area contributed by atoms with Gasteiger partial charge in [-0.05, 0) is 19.4 Å². The monoisotopic (exact) mass is 224 g/mol. The molecule has 0 saturated carbocycles. The van der Waals surface area contributed by atoms with Crippen LogP contribution in [0.1, 0.15) is 19.3 Å². The summed E-state index contributed by atoms with van der Waals surface area (Å²) in [5, 5.41) is 0. The van der Waals surface area contributed by atoms with E-state index in [2.05, 4.69) is 14.9 Å². The Morgan fingerprint density at radius 2 is 2.12 bits per heavy atom. The summed E-state index contributed by atoms with van der Waals surface area (Å²) in [7, 11) is 3.60. The Balaban J connectivity index is 2.42. The van der Waals surface area contributed by atoms with Crippen LogP contribution in [-0.2, 0) is 0 Å². The minimum absolute atomic E-state index is 0.548. The van der Waals surface area contributed by atoms with Crippen LogP contribution in [-0.4, -0.2) is 37.2 Å². The van der Waals surface area contributed by atoms with E-state index in [-0.39, 0.29) is 0 Å². The molecular weight excluding hydrogens is 204 g/mol. The Kier molecular flexibility index (Phi) is 5.56. The van der Waals surface area contributed by atoms with E-state index in [1.165, 1.54) is 0 Å². The van der Waals surface area contributed by atoms with E-state index in [1.54, 1.807) is 19.5 Å². The van der Waals surface area contributed by atoms with E-state index in [4.69, 9.17) is 10.5 Å². The van der Waals surface area contributed by atoms with Crippen LogP contribution in [0.2, 0.25) is 0 Å². The van der Waals surface area contributed by atoms with Crippen LogP contribution in [0.5, 0.6) is 5.88 Å². The van der Waals surface area contributed by atoms with Gasteiger partial charge >= 0.3 is 0 Å². The van der Waals surface area contributed by atoms with Gasteiger partial charge in [0.15, 0.2) is 5.82 Å². The maximum Gasteiger partial charge on any atom is 0.233 e. The minimum Gasteiger partial charge on any atom is -0.480 e. The van der Waals surface area contributed by atoms with Gasteiger partial charge in [-0.3, -0.25) is 4.98 Å². The van der Waals surface area contributed by atoms with Gasteiger partial charge in [0.25, 0.3) is 0 Å². The van der Waals surface area contributed by atoms with Gasteiger partial charge in [0.2, 0.25) is 5.88 Å². The lowest BCUT2D eigenvalue weighted by Crippen LogP contribution is -2.20. The molecule has 0 amide bonds. The second kappa shape index (κ2) is 7.00. The predicted molar refractivity (Wildman–Crippen MR) is 64.8 cm³/mol. The number of rotatable bonds is 7. The van der Waals surface area contributed by atoms with Crippen LogP contribution in [0.4, 0.5) is 5.82 Å². The fourth-order valence-electron chi connectivity index (χ4n) is 1.41. The van der Waals surface area contributed by atoms with E-state index in [0.29, 0.717) is 5.88 Å². The molecule has 5 nitrogen and oxygen atoms in total. The molecule has 0 aromatic carbocycles. The lowest BCUT2D eigenvalue weighted by atomic mass is 10.2. The van der Waals surface area contributed by atoms with E-state index in [0.717, 1.165) is 38.2 Å². The molecule has 0 aliphatic heterocycles. The molecule has 0 fully saturated rings. The topological polar surface area (TPSA) is 64.3 Å². The van der Waals surface area contributed by atoms with Crippen molar-refractivity contribution < 1.29 is 4.74 Å². The molecule has 0 saturated heterocycles. The first-order valence-electron chi connectivity index (χ1n) is 5.55. The average Bonchev–Trinajstić information content (AvgIpc) is 2.34. The van der Waals surface area contributed by atoms with Gasteiger partial charge in [-0.25, -0.2) is 0 Å². The van der Waals surface area contributed by atoms with Crippen molar-refractivity contribution in [3.8, 4) is 5.88 Å². The number of nitrogens with zero attached hydrogens (tertiary/aromatic N) is 3. The van der Waals surface area contributed by atoms with Crippen LogP contribution >= 0.6 is 0 Å². The van der Waals surface area contributed by atoms with Crippen LogP contribution in [0.25, 0.3) is 0 Å². The van der Waals surface area contributed by atoms with E-state index < -0.39 is 0 Å². The first kappa shape index (κ1) is 12.7. The molecule has 2 N–H and O–H groups in total. The molecule has 0 atom stereocenters. The van der Waals surface area contributed by atoms with Gasteiger partial charge in [0.1, 0.15) is 0 Å². The zero-order chi connectivity index (χ0) is 11.8. The number of ether oxygens (including phenoxy) is 1. The number of nitrogens with two attached hydrogens (primary N) is 1. The SMILES string of the molecule is COc1cncc(N(C)CCCCCN)n1. The van der Waals surface area contributed by atoms with Crippen molar-refractivity contribution in [3.05, 3.63) is 12.4 Å². The molecule has 0 unspecified atom stereocenters. The molecule has 0 aliphatic rings. The summed E-state index contributed by atoms with van der Waals surface area (Å²) in [5.74, 6) is 1.39. The fraction of sp³-hybridized carbons (Fsp3) is 0.636. The highest BCUT2D eigenvalue weighted by Gasteiger charge is 2.03. The summed E-state index contributed by atoms with van der Waals surface area (Å²) < 4.78 is 5.03. The van der Waals surface area contributed by atoms with Crippen molar-refractivity contribution in [2.75, 3.05) is 32.1 Å². The Hall–Kier alpha value is -1.36. The second-order valence-corrected chi connectivity index (χ2v) is 3.69. The van der Waals surface area contributed by atoms with Crippen LogP contribution in [0.3, 0.4) is 0 Å². The first-order valence-corrected chi connectivity index (χ1v) is 5.55. The summed E-state index contributed by atoms with van der Waals surface area (Å²) in [5.41, 5.74) is 5.44. The van der Waals surface area contributed by atoms with Gasteiger partial charge in [-0.15, -0.1) is 0 Å². The maximum absolute atomic E-state index is 5.44. The lowest BCUT2D eigenvalue weighted by molar-refractivity contribution is 0.395. The summed E-state index contributed by atoms with van der Waals surface area (Å²) in [6.45, 7) is 1.73. The smallest absolute Gasteiger partial charge is 0.233 e. The quantitative estimate of drug-likeness (QED) is 0.701. The standard InChI is InChI=1S/C11H20N4O/c1-15(7-5-3-4-6-12)10-8-13-9-11(14-10)16-2/h8-9H,3-7,12H2,1-2H3. The zero-order valence-corrected chi connectivity index (χ0v) is 10.0. The Bertz CT molecular complexity index is 306. The molecule has 1 heterocycles. The van der Waals surface area contributed by atoms with Gasteiger partial charge in [0, 0.05) is 13.6 Å². The van der Waals surface area contributed by atoms with Gasteiger partial charge in [0.05, 0.1) is 19.5 Å². The zero-order valence-electron chi connectivity index (χ0n) is 10.0. The van der Waals surface area contributed by atoms with Crippen molar-refractivity contribution in [2.24, 2.45) is 5.73 Å². The number of aromatic nitrogens is 2. The molecule has 1 aromatic rings. The van der Waals surface area contributed by atoms with E-state index in [1.807, 2.05) is 7.05 Å². The lowest BCUT2D eigenvalue weighted by Gasteiger charge is -2.17. The van der Waals surface area contributed by atoms with Crippen LogP contribution < -0.4 is 15.4 Å². The van der Waals surface area contributed by atoms with Gasteiger partial charge in [-0.1, -0.05) is 6.42 Å². The van der Waals surface area contributed by atoms with Crippen molar-refractivity contribution in [1.29, 1.82) is 0 Å². The van der Waals surface area contributed by atoms with Crippen molar-refractivity contribution in [1.82, 2.24) is 9.97 Å². The Morgan fingerprint density at radius 1 is 1.31 bits per heavy atom. The number of hydrogen-bond acceptors (Lipinski definition) is 5. The van der Waals surface area contributed by atoms with Crippen LogP contribution in [0.15, 0.2) is 12.4 Å². The number of hydrogen-bond donors (Lipinski definition) is 1. The minimum atomic E-state index is 0.548. The number of anilines is 1. The molecule has 16 heavy (non-hydrogen) atoms. The summed E-state index contributed by atoms with van der Waals surface area (Å²) >= 11 is 0. The third-order valence-corrected chi connectivity index (χ3v) is 2.40. The highest BCUT2D eigenvalue weighted by Crippen LogP contribution is 2.12. The highest BCUT2D eigenvalue weighted by molar-refractivity contribution is 5.36. The van der Waals surface area contributed by atoms with Gasteiger partial charge in [-0.2, -0.15) is 4.98 Å². The molecule has 1 rings (SSSR count). The number of unbranched alkanes of at least 4 members (excludes halogenated alkanes) is 2. The highest BCUT2D eigenvalue weighted by atomic mass is 16.5. The Labute approximate surface area is 96.6 Å². The molecule has 0 spiro atoms. The fourth-order valence-corrected chi connectivity index (χ4v) is 1.41. The summed E-state index contributed by atoms with van der Waals surface area (Å²) in [6, 6.07) is 0. The summed E-state index contributed by atoms with van der Waals surface area (Å²) in [4.78, 5) is 10.5. The van der Waals surface area contributed by atoms with E-state index in [9.17, 15) is 0 Å². The Morgan fingerprint density at radius 3 is 2.81 bits per heavy atom. The third kappa shape index (κ3) is 4.02. The molecule has 90 valence electrons. The largest absolute Gasteiger partial charge is 0.480 e.